The second kappa shape index (κ2) is 4.75. The molecule has 126 valence electrons. The van der Waals surface area contributed by atoms with E-state index >= 15 is 0 Å². The Morgan fingerprint density at radius 1 is 1.04 bits per heavy atom. The van der Waals surface area contributed by atoms with E-state index in [4.69, 9.17) is 0 Å². The Kier molecular flexibility index (Phi) is 3.58. The molecule has 3 aromatic heterocycles. The largest absolute Gasteiger partial charge is 0.325 e. The van der Waals surface area contributed by atoms with E-state index in [9.17, 15) is 35.3 Å². The molecule has 0 saturated carbocycles. The van der Waals surface area contributed by atoms with Crippen molar-refractivity contribution in [3.05, 3.63) is 52.8 Å². The van der Waals surface area contributed by atoms with Crippen LogP contribution in [0.1, 0.15) is 0 Å². The molecule has 12 heteroatoms. The van der Waals surface area contributed by atoms with Crippen LogP contribution in [0.4, 0.5) is 30.2 Å². The van der Waals surface area contributed by atoms with Gasteiger partial charge in [0.15, 0.2) is 12.4 Å². The zero-order valence-electron chi connectivity index (χ0n) is 10.9. The van der Waals surface area contributed by atoms with Crippen LogP contribution in [0, 0.1) is 10.1 Å². The van der Waals surface area contributed by atoms with Crippen LogP contribution in [-0.4, -0.2) is 4.92 Å². The monoisotopic (exact) mass is 376 g/mol. The Morgan fingerprint density at radius 2 is 1.65 bits per heavy atom. The van der Waals surface area contributed by atoms with Gasteiger partial charge in [0.05, 0.1) is 4.92 Å². The predicted molar refractivity (Wildman–Crippen MR) is 75.2 cm³/mol. The van der Waals surface area contributed by atoms with Crippen LogP contribution in [0.5, 0.6) is 0 Å². The van der Waals surface area contributed by atoms with Crippen LogP contribution in [0.25, 0.3) is 15.6 Å². The number of nitrogens with zero attached hydrogens (tertiary/aromatic N) is 2. The standard InChI is InChI=1S/C11H7N2O2S.F6P/c14-13(15)10-7-8-4-6-12-5-2-1-3-9(12)11(8)16-10;1-7(2,3,4,5)6/h1-7H;/q+1;-1. The summed E-state index contributed by atoms with van der Waals surface area (Å²) in [4.78, 5) is 10.4. The van der Waals surface area contributed by atoms with Crippen molar-refractivity contribution >= 4 is 39.7 Å². The molecule has 0 aliphatic heterocycles. The summed E-state index contributed by atoms with van der Waals surface area (Å²) in [5, 5.41) is 11.8. The summed E-state index contributed by atoms with van der Waals surface area (Å²) in [6, 6.07) is 9.34. The molecule has 23 heavy (non-hydrogen) atoms. The van der Waals surface area contributed by atoms with E-state index in [0.717, 1.165) is 15.6 Å². The van der Waals surface area contributed by atoms with Crippen molar-refractivity contribution in [1.29, 1.82) is 0 Å². The predicted octanol–water partition coefficient (Wildman–Crippen LogP) is 5.93. The fraction of sp³-hybridized carbons (Fsp3) is 0. The molecule has 0 aliphatic rings. The number of nitro groups is 1. The van der Waals surface area contributed by atoms with Gasteiger partial charge < -0.3 is 0 Å². The van der Waals surface area contributed by atoms with E-state index in [2.05, 4.69) is 0 Å². The van der Waals surface area contributed by atoms with Gasteiger partial charge in [0.1, 0.15) is 4.70 Å². The average molecular weight is 376 g/mol. The molecule has 0 aromatic carbocycles. The average Bonchev–Trinajstić information content (AvgIpc) is 2.79. The number of halogens is 6. The zero-order chi connectivity index (χ0) is 17.5. The van der Waals surface area contributed by atoms with Gasteiger partial charge in [-0.3, -0.25) is 10.1 Å². The third kappa shape index (κ3) is 5.61. The molecule has 0 radical (unpaired) electrons. The van der Waals surface area contributed by atoms with Gasteiger partial charge in [-0.25, -0.2) is 0 Å². The number of fused-ring (bicyclic) bond motifs is 3. The van der Waals surface area contributed by atoms with E-state index in [1.807, 2.05) is 41.1 Å². The van der Waals surface area contributed by atoms with E-state index in [0.29, 0.717) is 0 Å². The minimum absolute atomic E-state index is 0.187. The van der Waals surface area contributed by atoms with Gasteiger partial charge in [0.25, 0.3) is 0 Å². The third-order valence-corrected chi connectivity index (χ3v) is 3.59. The van der Waals surface area contributed by atoms with Crippen molar-refractivity contribution in [3.63, 3.8) is 0 Å². The summed E-state index contributed by atoms with van der Waals surface area (Å²) in [5.74, 6) is 0. The van der Waals surface area contributed by atoms with Crippen molar-refractivity contribution in [1.82, 2.24) is 0 Å². The van der Waals surface area contributed by atoms with Gasteiger partial charge in [-0.2, -0.15) is 4.40 Å². The molecule has 0 fully saturated rings. The van der Waals surface area contributed by atoms with Gasteiger partial charge in [-0.1, -0.05) is 11.3 Å². The van der Waals surface area contributed by atoms with Gasteiger partial charge in [0, 0.05) is 29.7 Å². The number of pyridine rings is 2. The second-order valence-corrected chi connectivity index (χ2v) is 7.34. The smallest absolute Gasteiger partial charge is 0.258 e. The second-order valence-electron chi connectivity index (χ2n) is 4.39. The van der Waals surface area contributed by atoms with Crippen LogP contribution >= 0.6 is 19.1 Å². The minimum Gasteiger partial charge on any atom is -0.258 e. The third-order valence-electron chi connectivity index (χ3n) is 2.47. The summed E-state index contributed by atoms with van der Waals surface area (Å²) < 4.78 is 62.1. The molecule has 0 saturated heterocycles. The number of hydrogen-bond donors (Lipinski definition) is 0. The van der Waals surface area contributed by atoms with E-state index in [1.54, 1.807) is 6.07 Å². The first-order valence-corrected chi connectivity index (χ1v) is 8.58. The molecule has 3 rings (SSSR count). The number of hydrogen-bond acceptors (Lipinski definition) is 3. The maximum atomic E-state index is 10.7. The molecule has 0 bridgehead atoms. The summed E-state index contributed by atoms with van der Waals surface area (Å²) in [7, 11) is -10.7. The maximum Gasteiger partial charge on any atom is 0.325 e. The minimum atomic E-state index is -10.7. The Balaban J connectivity index is 0.000000236. The van der Waals surface area contributed by atoms with Gasteiger partial charge in [0.2, 0.25) is 5.52 Å². The number of thiophene rings is 1. The van der Waals surface area contributed by atoms with Crippen molar-refractivity contribution in [2.45, 2.75) is 0 Å². The summed E-state index contributed by atoms with van der Waals surface area (Å²) in [5.41, 5.74) is 0.998. The number of rotatable bonds is 1. The van der Waals surface area contributed by atoms with Gasteiger partial charge in [-0.05, 0) is 6.07 Å². The first-order valence-electron chi connectivity index (χ1n) is 5.74. The van der Waals surface area contributed by atoms with Crippen LogP contribution < -0.4 is 4.40 Å². The van der Waals surface area contributed by atoms with Crippen molar-refractivity contribution in [3.8, 4) is 0 Å². The van der Waals surface area contributed by atoms with Gasteiger partial charge >= 0.3 is 38.0 Å². The molecule has 3 aromatic rings. The Hall–Kier alpha value is -2.00. The van der Waals surface area contributed by atoms with E-state index in [1.165, 1.54) is 11.3 Å². The van der Waals surface area contributed by atoms with Crippen LogP contribution in [0.3, 0.4) is 0 Å². The summed E-state index contributed by atoms with van der Waals surface area (Å²) >= 11 is 1.21. The zero-order valence-corrected chi connectivity index (χ0v) is 12.6. The molecular weight excluding hydrogens is 369 g/mol. The molecular formula is C11H7F6N2O2PS. The molecule has 0 unspecified atom stereocenters. The van der Waals surface area contributed by atoms with Crippen molar-refractivity contribution in [2.75, 3.05) is 0 Å². The Labute approximate surface area is 128 Å². The first kappa shape index (κ1) is 17.4. The SMILES string of the molecule is F[P-](F)(F)(F)(F)F.O=[N+]([O-])c1cc2cc[n+]3ccccc3c2s1. The quantitative estimate of drug-likeness (QED) is 0.174. The summed E-state index contributed by atoms with van der Waals surface area (Å²) in [6.45, 7) is 0. The molecule has 0 amide bonds. The molecule has 0 N–H and O–H groups in total. The molecule has 0 atom stereocenters. The molecule has 3 heterocycles. The van der Waals surface area contributed by atoms with Crippen molar-refractivity contribution in [2.24, 2.45) is 0 Å². The van der Waals surface area contributed by atoms with Crippen molar-refractivity contribution < 1.29 is 34.5 Å². The summed E-state index contributed by atoms with van der Waals surface area (Å²) in [6.07, 6.45) is 3.84. The van der Waals surface area contributed by atoms with Crippen LogP contribution in [0.15, 0.2) is 42.7 Å². The molecule has 0 aliphatic carbocycles. The van der Waals surface area contributed by atoms with Crippen LogP contribution in [0.2, 0.25) is 0 Å². The maximum absolute atomic E-state index is 10.7. The van der Waals surface area contributed by atoms with E-state index < -0.39 is 7.81 Å². The fourth-order valence-electron chi connectivity index (χ4n) is 1.74. The molecule has 0 spiro atoms. The first-order chi connectivity index (χ1) is 10.2. The normalized spacial score (nSPS) is 14.7. The van der Waals surface area contributed by atoms with Crippen LogP contribution in [-0.2, 0) is 0 Å². The fourth-order valence-corrected chi connectivity index (χ4v) is 2.74. The Bertz CT molecular complexity index is 898. The Morgan fingerprint density at radius 3 is 2.22 bits per heavy atom. The topological polar surface area (TPSA) is 47.2 Å². The van der Waals surface area contributed by atoms with Gasteiger partial charge in [-0.15, -0.1) is 0 Å². The molecule has 4 nitrogen and oxygen atoms in total. The number of aromatic nitrogens is 1. The van der Waals surface area contributed by atoms with E-state index in [-0.39, 0.29) is 9.92 Å².